The zero-order valence-electron chi connectivity index (χ0n) is 21.5. The Bertz CT molecular complexity index is 667. The molecule has 2 heterocycles. The smallest absolute Gasteiger partial charge is 0.328 e. The molecule has 0 saturated carbocycles. The molecule has 2 amide bonds. The highest BCUT2D eigenvalue weighted by Gasteiger charge is 2.67. The number of thioether (sulfide) groups is 3. The van der Waals surface area contributed by atoms with Crippen LogP contribution >= 0.6 is 35.3 Å². The zero-order chi connectivity index (χ0) is 25.3. The first-order chi connectivity index (χ1) is 15.5. The van der Waals surface area contributed by atoms with Crippen molar-refractivity contribution < 1.29 is 19.1 Å². The van der Waals surface area contributed by atoms with Crippen LogP contribution < -0.4 is 5.73 Å². The molecular formula is C23H43N3O4S3. The summed E-state index contributed by atoms with van der Waals surface area (Å²) < 4.78 is 4.94. The van der Waals surface area contributed by atoms with Gasteiger partial charge in [0.2, 0.25) is 5.91 Å². The molecule has 2 aliphatic heterocycles. The van der Waals surface area contributed by atoms with E-state index in [-0.39, 0.29) is 29.6 Å². The van der Waals surface area contributed by atoms with Crippen LogP contribution in [0.4, 0.5) is 0 Å². The fraction of sp³-hybridized carbons (Fsp3) is 0.870. The first kappa shape index (κ1) is 30.5. The second-order valence-corrected chi connectivity index (χ2v) is 12.2. The van der Waals surface area contributed by atoms with E-state index in [2.05, 4.69) is 13.2 Å². The molecule has 0 aromatic heterocycles. The van der Waals surface area contributed by atoms with Gasteiger partial charge in [0.05, 0.1) is 13.0 Å². The Morgan fingerprint density at radius 2 is 1.88 bits per heavy atom. The fourth-order valence-electron chi connectivity index (χ4n) is 4.34. The summed E-state index contributed by atoms with van der Waals surface area (Å²) >= 11 is 5.01. The lowest BCUT2D eigenvalue weighted by atomic mass is 9.87. The van der Waals surface area contributed by atoms with Crippen LogP contribution in [0.5, 0.6) is 0 Å². The number of likely N-dealkylation sites (tertiary alicyclic amines) is 1. The molecule has 33 heavy (non-hydrogen) atoms. The second-order valence-electron chi connectivity index (χ2n) is 8.95. The maximum atomic E-state index is 13.0. The summed E-state index contributed by atoms with van der Waals surface area (Å²) in [5, 5.41) is 0. The van der Waals surface area contributed by atoms with Gasteiger partial charge in [-0.2, -0.15) is 23.5 Å². The molecule has 0 aliphatic carbocycles. The molecule has 1 unspecified atom stereocenters. The van der Waals surface area contributed by atoms with Gasteiger partial charge in [-0.25, -0.2) is 4.79 Å². The van der Waals surface area contributed by atoms with Crippen LogP contribution in [-0.2, 0) is 19.1 Å². The predicted molar refractivity (Wildman–Crippen MR) is 142 cm³/mol. The van der Waals surface area contributed by atoms with Crippen molar-refractivity contribution in [2.75, 3.05) is 37.0 Å². The van der Waals surface area contributed by atoms with Crippen LogP contribution in [0, 0.1) is 11.8 Å². The zero-order valence-corrected chi connectivity index (χ0v) is 23.9. The minimum absolute atomic E-state index is 0.0513. The summed E-state index contributed by atoms with van der Waals surface area (Å²) in [5.74, 6) is 2.04. The third-order valence-electron chi connectivity index (χ3n) is 6.39. The molecule has 0 radical (unpaired) electrons. The number of carbonyl (C=O) groups excluding carboxylic acids is 3. The summed E-state index contributed by atoms with van der Waals surface area (Å²) in [6, 6.07) is -0.653. The molecule has 0 spiro atoms. The largest absolute Gasteiger partial charge is 0.467 e. The molecule has 2 saturated heterocycles. The van der Waals surface area contributed by atoms with E-state index in [4.69, 9.17) is 10.5 Å². The Hall–Kier alpha value is -0.580. The molecule has 7 nitrogen and oxygen atoms in total. The van der Waals surface area contributed by atoms with Crippen LogP contribution in [0.2, 0.25) is 0 Å². The number of methoxy groups -OCH3 is 1. The van der Waals surface area contributed by atoms with Gasteiger partial charge in [-0.3, -0.25) is 9.59 Å². The van der Waals surface area contributed by atoms with Crippen LogP contribution in [0.25, 0.3) is 0 Å². The van der Waals surface area contributed by atoms with E-state index in [1.54, 1.807) is 33.3 Å². The van der Waals surface area contributed by atoms with Crippen molar-refractivity contribution in [3.63, 3.8) is 0 Å². The number of hydrogen-bond donors (Lipinski definition) is 1. The van der Waals surface area contributed by atoms with Crippen LogP contribution in [0.3, 0.4) is 0 Å². The number of fused-ring (bicyclic) bond motifs is 1. The van der Waals surface area contributed by atoms with Gasteiger partial charge < -0.3 is 20.3 Å². The summed E-state index contributed by atoms with van der Waals surface area (Å²) in [5.41, 5.74) is 5.56. The molecule has 10 heteroatoms. The van der Waals surface area contributed by atoms with Crippen molar-refractivity contribution in [1.29, 1.82) is 0 Å². The van der Waals surface area contributed by atoms with Gasteiger partial charge in [0.1, 0.15) is 17.0 Å². The summed E-state index contributed by atoms with van der Waals surface area (Å²) in [6.07, 6.45) is 6.46. The Kier molecular flexibility index (Phi) is 13.0. The average Bonchev–Trinajstić information content (AvgIpc) is 3.09. The Morgan fingerprint density at radius 3 is 2.30 bits per heavy atom. The van der Waals surface area contributed by atoms with Crippen molar-refractivity contribution in [3.8, 4) is 0 Å². The van der Waals surface area contributed by atoms with Gasteiger partial charge >= 0.3 is 5.97 Å². The highest BCUT2D eigenvalue weighted by Crippen LogP contribution is 2.52. The third-order valence-corrected chi connectivity index (χ3v) is 9.21. The number of amides is 2. The standard InChI is InChI=1S/C18H30N2O4S2.C5H13NS/c1-7-12(11(2)3)15(21)19-10-26-18(4)14(19)16(22)20(18)13(8-9-25-6)17(23)24-5;1-3-5(6)4-7-2/h11-14H,7-10H2,1-6H3;5H,3-4,6H2,1-2H3/t12-,13-,14+,18?;5-/m01/s1. The first-order valence-electron chi connectivity index (χ1n) is 11.6. The van der Waals surface area contributed by atoms with E-state index in [1.807, 2.05) is 45.7 Å². The quantitative estimate of drug-likeness (QED) is 0.326. The lowest BCUT2D eigenvalue weighted by molar-refractivity contribution is -0.176. The van der Waals surface area contributed by atoms with Gasteiger partial charge in [-0.15, -0.1) is 11.8 Å². The summed E-state index contributed by atoms with van der Waals surface area (Å²) in [7, 11) is 1.35. The first-order valence-corrected chi connectivity index (χ1v) is 15.4. The Labute approximate surface area is 213 Å². The molecule has 0 aromatic rings. The lowest BCUT2D eigenvalue weighted by Crippen LogP contribution is -2.76. The van der Waals surface area contributed by atoms with Gasteiger partial charge in [0.25, 0.3) is 5.91 Å². The van der Waals surface area contributed by atoms with E-state index in [0.717, 1.165) is 24.3 Å². The molecule has 2 N–H and O–H groups in total. The van der Waals surface area contributed by atoms with Gasteiger partial charge in [-0.1, -0.05) is 27.7 Å². The van der Waals surface area contributed by atoms with Crippen molar-refractivity contribution in [2.24, 2.45) is 17.6 Å². The highest BCUT2D eigenvalue weighted by atomic mass is 32.2. The van der Waals surface area contributed by atoms with Crippen molar-refractivity contribution in [3.05, 3.63) is 0 Å². The number of nitrogens with two attached hydrogens (primary N) is 1. The minimum Gasteiger partial charge on any atom is -0.467 e. The van der Waals surface area contributed by atoms with Crippen LogP contribution in [-0.4, -0.2) is 87.6 Å². The molecule has 0 aromatic carbocycles. The monoisotopic (exact) mass is 521 g/mol. The second kappa shape index (κ2) is 14.1. The Balaban J connectivity index is 0.000000675. The SMILES string of the molecule is CC[C@@H](N)CSC.CC[C@H](C(=O)N1CSC2(C)[C@H]1C(=O)N2[C@@H](CCSC)C(=O)OC)C(C)C. The van der Waals surface area contributed by atoms with E-state index >= 15 is 0 Å². The number of hydrogen-bond acceptors (Lipinski definition) is 8. The molecule has 2 fully saturated rings. The van der Waals surface area contributed by atoms with Gasteiger partial charge in [-0.05, 0) is 50.4 Å². The summed E-state index contributed by atoms with van der Waals surface area (Å²) in [4.78, 5) is 41.0. The number of ether oxygens (including phenoxy) is 1. The van der Waals surface area contributed by atoms with Crippen LogP contribution in [0.1, 0.15) is 53.9 Å². The van der Waals surface area contributed by atoms with Crippen LogP contribution in [0.15, 0.2) is 0 Å². The van der Waals surface area contributed by atoms with E-state index in [9.17, 15) is 14.4 Å². The van der Waals surface area contributed by atoms with Crippen molar-refractivity contribution in [1.82, 2.24) is 9.80 Å². The summed E-state index contributed by atoms with van der Waals surface area (Å²) in [6.45, 7) is 10.2. The molecule has 2 rings (SSSR count). The fourth-order valence-corrected chi connectivity index (χ4v) is 6.88. The predicted octanol–water partition coefficient (Wildman–Crippen LogP) is 3.51. The topological polar surface area (TPSA) is 92.9 Å². The lowest BCUT2D eigenvalue weighted by Gasteiger charge is -2.55. The number of β-lactam (4-membered cyclic amide) rings is 1. The molecule has 2 aliphatic rings. The Morgan fingerprint density at radius 1 is 1.24 bits per heavy atom. The van der Waals surface area contributed by atoms with Crippen molar-refractivity contribution >= 4 is 53.1 Å². The number of esters is 1. The normalized spacial score (nSPS) is 24.4. The number of carbonyl (C=O) groups is 3. The van der Waals surface area contributed by atoms with Gasteiger partial charge in [0.15, 0.2) is 0 Å². The highest BCUT2D eigenvalue weighted by molar-refractivity contribution is 8.01. The molecule has 5 atom stereocenters. The average molecular weight is 522 g/mol. The van der Waals surface area contributed by atoms with E-state index in [1.165, 1.54) is 7.11 Å². The number of rotatable bonds is 11. The van der Waals surface area contributed by atoms with Gasteiger partial charge in [0, 0.05) is 17.7 Å². The maximum Gasteiger partial charge on any atom is 0.328 e. The number of nitrogens with zero attached hydrogens (tertiary/aromatic N) is 2. The van der Waals surface area contributed by atoms with Crippen molar-refractivity contribution in [2.45, 2.75) is 76.9 Å². The third kappa shape index (κ3) is 6.98. The maximum absolute atomic E-state index is 13.0. The van der Waals surface area contributed by atoms with E-state index < -0.39 is 17.0 Å². The molecular weight excluding hydrogens is 478 g/mol. The minimum atomic E-state index is -0.587. The van der Waals surface area contributed by atoms with E-state index in [0.29, 0.717) is 18.3 Å². The molecule has 0 bridgehead atoms. The molecule has 192 valence electrons.